The Bertz CT molecular complexity index is 431. The zero-order valence-electron chi connectivity index (χ0n) is 12.4. The molecule has 2 atom stereocenters. The van der Waals surface area contributed by atoms with Crippen molar-refractivity contribution in [2.24, 2.45) is 0 Å². The molecule has 2 rings (SSSR count). The van der Waals surface area contributed by atoms with E-state index in [9.17, 15) is 4.79 Å². The molecule has 1 saturated heterocycles. The fraction of sp³-hybridized carbons (Fsp3) is 0.562. The zero-order chi connectivity index (χ0) is 14.5. The first-order valence-corrected chi connectivity index (χ1v) is 7.36. The second kappa shape index (κ2) is 6.75. The normalized spacial score (nSPS) is 22.4. The number of carbonyl (C=O) groups excluding carboxylic acids is 1. The molecule has 2 unspecified atom stereocenters. The summed E-state index contributed by atoms with van der Waals surface area (Å²) in [5, 5.41) is 1.44. The number of hydrogen-bond donors (Lipinski definition) is 0. The molecule has 1 fully saturated rings. The highest BCUT2D eigenvalue weighted by Crippen LogP contribution is 2.25. The third-order valence-electron chi connectivity index (χ3n) is 3.77. The van der Waals surface area contributed by atoms with Crippen molar-refractivity contribution >= 4 is 6.09 Å². The number of hydrogen-bond acceptors (Lipinski definition) is 3. The van der Waals surface area contributed by atoms with Crippen molar-refractivity contribution < 1.29 is 14.4 Å². The lowest BCUT2D eigenvalue weighted by atomic mass is 10.0. The van der Waals surface area contributed by atoms with Gasteiger partial charge in [0, 0.05) is 0 Å². The van der Waals surface area contributed by atoms with Gasteiger partial charge in [-0.05, 0) is 31.7 Å². The number of ether oxygens (including phenoxy) is 1. The summed E-state index contributed by atoms with van der Waals surface area (Å²) in [5.41, 5.74) is 1.18. The van der Waals surface area contributed by atoms with Gasteiger partial charge in [0.1, 0.15) is 12.1 Å². The summed E-state index contributed by atoms with van der Waals surface area (Å²) in [6.45, 7) is 6.04. The Hall–Kier alpha value is -1.55. The van der Waals surface area contributed by atoms with Crippen LogP contribution in [0.15, 0.2) is 30.3 Å². The van der Waals surface area contributed by atoms with Gasteiger partial charge >= 0.3 is 6.09 Å². The molecule has 1 aliphatic rings. The maximum atomic E-state index is 11.9. The Morgan fingerprint density at radius 1 is 1.25 bits per heavy atom. The average Bonchev–Trinajstić information content (AvgIpc) is 2.72. The van der Waals surface area contributed by atoms with Gasteiger partial charge in [-0.25, -0.2) is 4.79 Å². The molecule has 0 N–H and O–H groups in total. The van der Waals surface area contributed by atoms with Crippen molar-refractivity contribution in [1.82, 2.24) is 5.06 Å². The lowest BCUT2D eigenvalue weighted by molar-refractivity contribution is -0.174. The first kappa shape index (κ1) is 14.9. The Balaban J connectivity index is 2.09. The molecular weight excluding hydrogens is 254 g/mol. The van der Waals surface area contributed by atoms with E-state index in [-0.39, 0.29) is 24.3 Å². The van der Waals surface area contributed by atoms with E-state index < -0.39 is 0 Å². The van der Waals surface area contributed by atoms with Gasteiger partial charge in [0.2, 0.25) is 0 Å². The standard InChI is InChI=1S/C16H23NO3/c1-4-14(5-2)20-17-15(12(3)19-16(17)18)11-13-9-7-6-8-10-13/h6-10,12,14-15H,4-5,11H2,1-3H3. The highest BCUT2D eigenvalue weighted by molar-refractivity contribution is 5.69. The van der Waals surface area contributed by atoms with Gasteiger partial charge < -0.3 is 4.74 Å². The summed E-state index contributed by atoms with van der Waals surface area (Å²) < 4.78 is 5.31. The topological polar surface area (TPSA) is 38.8 Å². The number of amides is 1. The van der Waals surface area contributed by atoms with Crippen molar-refractivity contribution in [2.45, 2.75) is 58.3 Å². The largest absolute Gasteiger partial charge is 0.443 e. The molecule has 20 heavy (non-hydrogen) atoms. The molecule has 0 saturated carbocycles. The van der Waals surface area contributed by atoms with E-state index in [4.69, 9.17) is 9.57 Å². The lowest BCUT2D eigenvalue weighted by Gasteiger charge is -2.26. The molecule has 0 aromatic heterocycles. The highest BCUT2D eigenvalue weighted by Gasteiger charge is 2.41. The molecule has 1 aliphatic heterocycles. The molecule has 0 radical (unpaired) electrons. The fourth-order valence-corrected chi connectivity index (χ4v) is 2.44. The van der Waals surface area contributed by atoms with Gasteiger partial charge in [-0.15, -0.1) is 0 Å². The van der Waals surface area contributed by atoms with Gasteiger partial charge in [0.05, 0.1) is 6.10 Å². The maximum absolute atomic E-state index is 11.9. The molecule has 4 nitrogen and oxygen atoms in total. The first-order valence-electron chi connectivity index (χ1n) is 7.36. The fourth-order valence-electron chi connectivity index (χ4n) is 2.44. The Kier molecular flexibility index (Phi) is 5.01. The molecule has 4 heteroatoms. The maximum Gasteiger partial charge on any atom is 0.434 e. The van der Waals surface area contributed by atoms with E-state index in [1.165, 1.54) is 10.6 Å². The number of rotatable bonds is 6. The molecule has 1 aromatic rings. The molecule has 0 aliphatic carbocycles. The summed E-state index contributed by atoms with van der Waals surface area (Å²) >= 11 is 0. The van der Waals surface area contributed by atoms with Gasteiger partial charge in [-0.3, -0.25) is 4.84 Å². The first-order chi connectivity index (χ1) is 9.65. The van der Waals surface area contributed by atoms with E-state index in [0.29, 0.717) is 0 Å². The SMILES string of the molecule is CCC(CC)ON1C(=O)OC(C)C1Cc1ccccc1. The number of benzene rings is 1. The van der Waals surface area contributed by atoms with Crippen LogP contribution in [-0.4, -0.2) is 29.4 Å². The molecule has 1 amide bonds. The van der Waals surface area contributed by atoms with Crippen LogP contribution >= 0.6 is 0 Å². The lowest BCUT2D eigenvalue weighted by Crippen LogP contribution is -2.40. The van der Waals surface area contributed by atoms with Crippen LogP contribution in [-0.2, 0) is 16.0 Å². The predicted molar refractivity (Wildman–Crippen MR) is 77.2 cm³/mol. The number of nitrogens with zero attached hydrogens (tertiary/aromatic N) is 1. The molecule has 110 valence electrons. The highest BCUT2D eigenvalue weighted by atomic mass is 16.8. The zero-order valence-corrected chi connectivity index (χ0v) is 12.4. The third-order valence-corrected chi connectivity index (χ3v) is 3.77. The van der Waals surface area contributed by atoms with Crippen LogP contribution in [0.3, 0.4) is 0 Å². The van der Waals surface area contributed by atoms with Crippen molar-refractivity contribution in [3.63, 3.8) is 0 Å². The van der Waals surface area contributed by atoms with E-state index in [1.807, 2.05) is 25.1 Å². The summed E-state index contributed by atoms with van der Waals surface area (Å²) in [5.74, 6) is 0. The van der Waals surface area contributed by atoms with Crippen LogP contribution in [0.5, 0.6) is 0 Å². The van der Waals surface area contributed by atoms with Crippen molar-refractivity contribution in [1.29, 1.82) is 0 Å². The monoisotopic (exact) mass is 277 g/mol. The second-order valence-electron chi connectivity index (χ2n) is 5.22. The van der Waals surface area contributed by atoms with Gasteiger partial charge in [0.15, 0.2) is 0 Å². The minimum Gasteiger partial charge on any atom is -0.443 e. The molecule has 0 bridgehead atoms. The van der Waals surface area contributed by atoms with Gasteiger partial charge in [-0.2, -0.15) is 5.06 Å². The van der Waals surface area contributed by atoms with Crippen molar-refractivity contribution in [3.8, 4) is 0 Å². The second-order valence-corrected chi connectivity index (χ2v) is 5.22. The van der Waals surface area contributed by atoms with Crippen LogP contribution in [0.1, 0.15) is 39.2 Å². The summed E-state index contributed by atoms with van der Waals surface area (Å²) in [6, 6.07) is 10.1. The van der Waals surface area contributed by atoms with E-state index >= 15 is 0 Å². The smallest absolute Gasteiger partial charge is 0.434 e. The third kappa shape index (κ3) is 3.31. The summed E-state index contributed by atoms with van der Waals surface area (Å²) in [4.78, 5) is 17.8. The number of carbonyl (C=O) groups is 1. The molecule has 0 spiro atoms. The van der Waals surface area contributed by atoms with Gasteiger partial charge in [0.25, 0.3) is 0 Å². The van der Waals surface area contributed by atoms with E-state index in [1.54, 1.807) is 0 Å². The molecule has 1 aromatic carbocycles. The van der Waals surface area contributed by atoms with Gasteiger partial charge in [-0.1, -0.05) is 44.2 Å². The summed E-state index contributed by atoms with van der Waals surface area (Å²) in [6.07, 6.45) is 2.04. The number of hydroxylamine groups is 2. The molecular formula is C16H23NO3. The van der Waals surface area contributed by atoms with Crippen molar-refractivity contribution in [3.05, 3.63) is 35.9 Å². The van der Waals surface area contributed by atoms with Crippen LogP contribution in [0.25, 0.3) is 0 Å². The molecule has 1 heterocycles. The van der Waals surface area contributed by atoms with E-state index in [0.717, 1.165) is 19.3 Å². The summed E-state index contributed by atoms with van der Waals surface area (Å²) in [7, 11) is 0. The van der Waals surface area contributed by atoms with Crippen molar-refractivity contribution in [2.75, 3.05) is 0 Å². The minimum absolute atomic E-state index is 0.0612. The van der Waals surface area contributed by atoms with Crippen LogP contribution in [0.2, 0.25) is 0 Å². The van der Waals surface area contributed by atoms with Crippen LogP contribution < -0.4 is 0 Å². The number of cyclic esters (lactones) is 1. The van der Waals surface area contributed by atoms with E-state index in [2.05, 4.69) is 26.0 Å². The van der Waals surface area contributed by atoms with Crippen LogP contribution in [0.4, 0.5) is 4.79 Å². The van der Waals surface area contributed by atoms with Crippen LogP contribution in [0, 0.1) is 0 Å². The quantitative estimate of drug-likeness (QED) is 0.798. The predicted octanol–water partition coefficient (Wildman–Crippen LogP) is 3.56. The average molecular weight is 277 g/mol. The Morgan fingerprint density at radius 3 is 2.50 bits per heavy atom. The Labute approximate surface area is 120 Å². The minimum atomic E-state index is -0.370. The Morgan fingerprint density at radius 2 is 1.90 bits per heavy atom.